The molecular weight excluding hydrogens is 320 g/mol. The fourth-order valence-corrected chi connectivity index (χ4v) is 3.91. The van der Waals surface area contributed by atoms with E-state index >= 15 is 0 Å². The minimum absolute atomic E-state index is 0.0398. The van der Waals surface area contributed by atoms with Crippen LogP contribution in [0.25, 0.3) is 0 Å². The topological polar surface area (TPSA) is 69.9 Å². The van der Waals surface area contributed by atoms with Gasteiger partial charge in [-0.3, -0.25) is 19.8 Å². The molecule has 0 radical (unpaired) electrons. The van der Waals surface area contributed by atoms with Crippen molar-refractivity contribution < 1.29 is 9.72 Å². The summed E-state index contributed by atoms with van der Waals surface area (Å²) in [6.45, 7) is 3.67. The summed E-state index contributed by atoms with van der Waals surface area (Å²) >= 11 is 0. The van der Waals surface area contributed by atoms with Gasteiger partial charge in [-0.2, -0.15) is 0 Å². The van der Waals surface area contributed by atoms with Gasteiger partial charge < -0.3 is 9.80 Å². The van der Waals surface area contributed by atoms with E-state index < -0.39 is 4.92 Å². The van der Waals surface area contributed by atoms with Gasteiger partial charge in [-0.25, -0.2) is 0 Å². The largest absolute Gasteiger partial charge is 0.377 e. The number of nitrogens with zero attached hydrogens (tertiary/aromatic N) is 4. The quantitative estimate of drug-likeness (QED) is 0.618. The molecule has 1 amide bonds. The Bertz CT molecular complexity index is 656. The van der Waals surface area contributed by atoms with Crippen molar-refractivity contribution in [3.8, 4) is 0 Å². The second-order valence-corrected chi connectivity index (χ2v) is 7.14. The van der Waals surface area contributed by atoms with Crippen LogP contribution in [0.15, 0.2) is 18.2 Å². The highest BCUT2D eigenvalue weighted by Crippen LogP contribution is 2.28. The minimum atomic E-state index is -0.445. The van der Waals surface area contributed by atoms with Crippen LogP contribution in [-0.4, -0.2) is 66.9 Å². The van der Waals surface area contributed by atoms with Crippen molar-refractivity contribution in [1.29, 1.82) is 0 Å². The molecule has 0 unspecified atom stereocenters. The van der Waals surface area contributed by atoms with Crippen LogP contribution in [-0.2, 0) is 0 Å². The Kier molecular flexibility index (Phi) is 5.22. The molecule has 0 spiro atoms. The number of hydrogen-bond donors (Lipinski definition) is 0. The van der Waals surface area contributed by atoms with Gasteiger partial charge in [0.2, 0.25) is 0 Å². The first-order valence-electron chi connectivity index (χ1n) is 8.96. The Balaban J connectivity index is 1.83. The first kappa shape index (κ1) is 17.7. The molecule has 1 atom stereocenters. The van der Waals surface area contributed by atoms with Gasteiger partial charge in [-0.05, 0) is 44.8 Å². The molecule has 2 fully saturated rings. The highest BCUT2D eigenvalue weighted by molar-refractivity contribution is 6.00. The second kappa shape index (κ2) is 7.39. The Morgan fingerprint density at radius 1 is 1.20 bits per heavy atom. The van der Waals surface area contributed by atoms with Gasteiger partial charge in [0.15, 0.2) is 0 Å². The van der Waals surface area contributed by atoms with Gasteiger partial charge in [0.25, 0.3) is 11.6 Å². The number of rotatable bonds is 4. The Labute approximate surface area is 148 Å². The minimum Gasteiger partial charge on any atom is -0.377 e. The Morgan fingerprint density at radius 2 is 1.92 bits per heavy atom. The van der Waals surface area contributed by atoms with Gasteiger partial charge in [0.1, 0.15) is 0 Å². The van der Waals surface area contributed by atoms with Crippen molar-refractivity contribution in [2.45, 2.75) is 31.7 Å². The number of carbonyl (C=O) groups is 1. The zero-order chi connectivity index (χ0) is 18.0. The van der Waals surface area contributed by atoms with E-state index in [9.17, 15) is 14.9 Å². The number of benzene rings is 1. The van der Waals surface area contributed by atoms with Gasteiger partial charge in [-0.15, -0.1) is 0 Å². The fourth-order valence-electron chi connectivity index (χ4n) is 3.91. The van der Waals surface area contributed by atoms with E-state index in [1.54, 1.807) is 6.07 Å². The molecule has 0 aliphatic carbocycles. The highest BCUT2D eigenvalue weighted by Gasteiger charge is 2.31. The molecular formula is C18H26N4O3. The summed E-state index contributed by atoms with van der Waals surface area (Å²) in [7, 11) is 3.70. The van der Waals surface area contributed by atoms with E-state index in [4.69, 9.17) is 0 Å². The van der Waals surface area contributed by atoms with E-state index in [1.165, 1.54) is 25.0 Å². The van der Waals surface area contributed by atoms with E-state index in [1.807, 2.05) is 23.9 Å². The van der Waals surface area contributed by atoms with Crippen molar-refractivity contribution in [3.63, 3.8) is 0 Å². The van der Waals surface area contributed by atoms with Crippen molar-refractivity contribution in [1.82, 2.24) is 9.80 Å². The number of anilines is 1. The summed E-state index contributed by atoms with van der Waals surface area (Å²) in [5.74, 6) is -0.101. The lowest BCUT2D eigenvalue weighted by molar-refractivity contribution is -0.384. The van der Waals surface area contributed by atoms with Crippen LogP contribution in [0.2, 0.25) is 0 Å². The van der Waals surface area contributed by atoms with Gasteiger partial charge in [0, 0.05) is 51.0 Å². The van der Waals surface area contributed by atoms with Crippen molar-refractivity contribution in [2.75, 3.05) is 45.2 Å². The van der Waals surface area contributed by atoms with Crippen LogP contribution >= 0.6 is 0 Å². The molecule has 1 aromatic carbocycles. The second-order valence-electron chi connectivity index (χ2n) is 7.14. The zero-order valence-electron chi connectivity index (χ0n) is 15.0. The van der Waals surface area contributed by atoms with Gasteiger partial charge in [0.05, 0.1) is 10.5 Å². The molecule has 7 nitrogen and oxygen atoms in total. The molecule has 7 heteroatoms. The summed E-state index contributed by atoms with van der Waals surface area (Å²) in [5, 5.41) is 11.1. The number of nitro groups is 1. The molecule has 2 aliphatic rings. The van der Waals surface area contributed by atoms with E-state index in [0.717, 1.165) is 38.2 Å². The molecule has 3 rings (SSSR count). The molecule has 0 saturated carbocycles. The molecule has 2 saturated heterocycles. The molecule has 1 aromatic rings. The smallest absolute Gasteiger partial charge is 0.270 e. The summed E-state index contributed by atoms with van der Waals surface area (Å²) in [4.78, 5) is 30.0. The van der Waals surface area contributed by atoms with Crippen LogP contribution < -0.4 is 4.90 Å². The van der Waals surface area contributed by atoms with Gasteiger partial charge in [-0.1, -0.05) is 0 Å². The Morgan fingerprint density at radius 3 is 2.56 bits per heavy atom. The maximum absolute atomic E-state index is 13.1. The predicted molar refractivity (Wildman–Crippen MR) is 97.2 cm³/mol. The molecule has 0 N–H and O–H groups in total. The van der Waals surface area contributed by atoms with E-state index in [-0.39, 0.29) is 11.6 Å². The SMILES string of the molecule is CN(C)c1ccc([N+](=O)[O-])cc1C(=O)N1CCC[C@H](N2CCCC2)C1. The van der Waals surface area contributed by atoms with Crippen LogP contribution in [0, 0.1) is 10.1 Å². The summed E-state index contributed by atoms with van der Waals surface area (Å²) in [5.41, 5.74) is 1.10. The number of carbonyl (C=O) groups excluding carboxylic acids is 1. The number of non-ortho nitro benzene ring substituents is 1. The number of amides is 1. The molecule has 2 heterocycles. The van der Waals surface area contributed by atoms with Crippen LogP contribution in [0.3, 0.4) is 0 Å². The third-order valence-electron chi connectivity index (χ3n) is 5.24. The maximum Gasteiger partial charge on any atom is 0.270 e. The van der Waals surface area contributed by atoms with Gasteiger partial charge >= 0.3 is 0 Å². The first-order chi connectivity index (χ1) is 12.0. The zero-order valence-corrected chi connectivity index (χ0v) is 15.0. The van der Waals surface area contributed by atoms with E-state index in [2.05, 4.69) is 4.90 Å². The maximum atomic E-state index is 13.1. The average molecular weight is 346 g/mol. The molecule has 2 aliphatic heterocycles. The lowest BCUT2D eigenvalue weighted by atomic mass is 10.0. The summed E-state index contributed by atoms with van der Waals surface area (Å²) in [6, 6.07) is 4.95. The molecule has 25 heavy (non-hydrogen) atoms. The van der Waals surface area contributed by atoms with Crippen LogP contribution in [0.5, 0.6) is 0 Å². The van der Waals surface area contributed by atoms with E-state index in [0.29, 0.717) is 18.2 Å². The Hall–Kier alpha value is -2.15. The van der Waals surface area contributed by atoms with Crippen molar-refractivity contribution in [3.05, 3.63) is 33.9 Å². The average Bonchev–Trinajstić information content (AvgIpc) is 3.15. The highest BCUT2D eigenvalue weighted by atomic mass is 16.6. The number of nitro benzene ring substituents is 1. The molecule has 136 valence electrons. The lowest BCUT2D eigenvalue weighted by Crippen LogP contribution is -2.49. The number of likely N-dealkylation sites (tertiary alicyclic amines) is 2. The normalized spacial score (nSPS) is 21.4. The third-order valence-corrected chi connectivity index (χ3v) is 5.24. The first-order valence-corrected chi connectivity index (χ1v) is 8.96. The summed E-state index contributed by atoms with van der Waals surface area (Å²) < 4.78 is 0. The van der Waals surface area contributed by atoms with Crippen LogP contribution in [0.4, 0.5) is 11.4 Å². The lowest BCUT2D eigenvalue weighted by Gasteiger charge is -2.38. The number of hydrogen-bond acceptors (Lipinski definition) is 5. The molecule has 0 aromatic heterocycles. The summed E-state index contributed by atoms with van der Waals surface area (Å²) in [6.07, 6.45) is 4.58. The fraction of sp³-hybridized carbons (Fsp3) is 0.611. The van der Waals surface area contributed by atoms with Crippen molar-refractivity contribution in [2.24, 2.45) is 0 Å². The standard InChI is InChI=1S/C18H26N4O3/c1-19(2)17-8-7-14(22(24)25)12-16(17)18(23)21-11-5-6-15(13-21)20-9-3-4-10-20/h7-8,12,15H,3-6,9-11,13H2,1-2H3/t15-/m0/s1. The monoisotopic (exact) mass is 346 g/mol. The molecule has 0 bridgehead atoms. The number of piperidine rings is 1. The third kappa shape index (κ3) is 3.76. The van der Waals surface area contributed by atoms with Crippen molar-refractivity contribution >= 4 is 17.3 Å². The predicted octanol–water partition coefficient (Wildman–Crippen LogP) is 2.36. The van der Waals surface area contributed by atoms with Crippen LogP contribution in [0.1, 0.15) is 36.0 Å².